The Morgan fingerprint density at radius 3 is 2.17 bits per heavy atom. The van der Waals surface area contributed by atoms with Gasteiger partial charge in [0.05, 0.1) is 24.8 Å². The van der Waals surface area contributed by atoms with Crippen LogP contribution in [0.25, 0.3) is 0 Å². The van der Waals surface area contributed by atoms with Crippen LogP contribution in [0.5, 0.6) is 11.5 Å². The second kappa shape index (κ2) is 9.19. The molecule has 0 aromatic heterocycles. The third-order valence-corrected chi connectivity index (χ3v) is 6.09. The van der Waals surface area contributed by atoms with Crippen LogP contribution in [-0.4, -0.2) is 28.5 Å². The monoisotopic (exact) mass is 490 g/mol. The second-order valence-corrected chi connectivity index (χ2v) is 8.76. The molecule has 156 valence electrons. The van der Waals surface area contributed by atoms with E-state index in [4.69, 9.17) is 9.47 Å². The largest absolute Gasteiger partial charge is 0.497 e. The van der Waals surface area contributed by atoms with Gasteiger partial charge in [0.25, 0.3) is 15.9 Å². The highest BCUT2D eigenvalue weighted by atomic mass is 79.9. The molecule has 3 aromatic carbocycles. The van der Waals surface area contributed by atoms with Gasteiger partial charge in [0.1, 0.15) is 11.5 Å². The number of benzene rings is 3. The third-order valence-electron chi connectivity index (χ3n) is 4.18. The van der Waals surface area contributed by atoms with Gasteiger partial charge in [-0.05, 0) is 66.7 Å². The van der Waals surface area contributed by atoms with E-state index in [9.17, 15) is 13.2 Å². The molecular weight excluding hydrogens is 472 g/mol. The van der Waals surface area contributed by atoms with Crippen molar-refractivity contribution in [1.29, 1.82) is 0 Å². The second-order valence-electron chi connectivity index (χ2n) is 6.16. The van der Waals surface area contributed by atoms with Gasteiger partial charge in [-0.1, -0.05) is 15.9 Å². The number of carbonyl (C=O) groups excluding carboxylic acids is 1. The number of nitrogens with one attached hydrogen (secondary N) is 2. The lowest BCUT2D eigenvalue weighted by Crippen LogP contribution is -2.15. The Labute approximate surface area is 183 Å². The molecule has 2 N–H and O–H groups in total. The lowest BCUT2D eigenvalue weighted by molar-refractivity contribution is 0.102. The molecule has 0 heterocycles. The van der Waals surface area contributed by atoms with Gasteiger partial charge in [0, 0.05) is 15.7 Å². The fourth-order valence-corrected chi connectivity index (χ4v) is 3.97. The number of ether oxygens (including phenoxy) is 2. The van der Waals surface area contributed by atoms with E-state index in [1.165, 1.54) is 32.4 Å². The fourth-order valence-electron chi connectivity index (χ4n) is 2.62. The van der Waals surface area contributed by atoms with Crippen LogP contribution >= 0.6 is 15.9 Å². The summed E-state index contributed by atoms with van der Waals surface area (Å²) in [5, 5.41) is 2.70. The highest BCUT2D eigenvalue weighted by Crippen LogP contribution is 2.29. The zero-order chi connectivity index (χ0) is 21.7. The summed E-state index contributed by atoms with van der Waals surface area (Å²) in [4.78, 5) is 12.6. The summed E-state index contributed by atoms with van der Waals surface area (Å²) >= 11 is 3.31. The molecular formula is C21H19BrN2O5S. The predicted octanol–water partition coefficient (Wildman–Crippen LogP) is 4.52. The molecule has 0 saturated heterocycles. The Balaban J connectivity index is 1.86. The van der Waals surface area contributed by atoms with Crippen LogP contribution in [0.4, 0.5) is 11.4 Å². The third kappa shape index (κ3) is 5.11. The van der Waals surface area contributed by atoms with E-state index in [0.717, 1.165) is 4.47 Å². The van der Waals surface area contributed by atoms with Crippen LogP contribution in [0.15, 0.2) is 76.1 Å². The van der Waals surface area contributed by atoms with Crippen molar-refractivity contribution in [3.63, 3.8) is 0 Å². The van der Waals surface area contributed by atoms with E-state index < -0.39 is 15.9 Å². The Morgan fingerprint density at radius 2 is 1.57 bits per heavy atom. The summed E-state index contributed by atoms with van der Waals surface area (Å²) in [6, 6.07) is 17.5. The molecule has 0 unspecified atom stereocenters. The van der Waals surface area contributed by atoms with Gasteiger partial charge < -0.3 is 14.8 Å². The predicted molar refractivity (Wildman–Crippen MR) is 119 cm³/mol. The quantitative estimate of drug-likeness (QED) is 0.507. The van der Waals surface area contributed by atoms with Gasteiger partial charge in [0.15, 0.2) is 0 Å². The Kier molecular flexibility index (Phi) is 6.63. The van der Waals surface area contributed by atoms with Crippen molar-refractivity contribution < 1.29 is 22.7 Å². The molecule has 30 heavy (non-hydrogen) atoms. The Hall–Kier alpha value is -3.04. The topological polar surface area (TPSA) is 93.7 Å². The van der Waals surface area contributed by atoms with Crippen LogP contribution in [0, 0.1) is 0 Å². The van der Waals surface area contributed by atoms with Gasteiger partial charge in [-0.15, -0.1) is 0 Å². The Bertz CT molecular complexity index is 1150. The number of amides is 1. The molecule has 3 aromatic rings. The molecule has 0 aliphatic carbocycles. The maximum absolute atomic E-state index is 12.8. The number of hydrogen-bond acceptors (Lipinski definition) is 5. The zero-order valence-electron chi connectivity index (χ0n) is 16.2. The first-order valence-corrected chi connectivity index (χ1v) is 11.0. The maximum atomic E-state index is 12.8. The number of sulfonamides is 1. The van der Waals surface area contributed by atoms with E-state index in [-0.39, 0.29) is 10.6 Å². The lowest BCUT2D eigenvalue weighted by Gasteiger charge is -2.14. The normalized spacial score (nSPS) is 10.9. The van der Waals surface area contributed by atoms with Crippen molar-refractivity contribution in [2.24, 2.45) is 0 Å². The van der Waals surface area contributed by atoms with Crippen LogP contribution in [0.3, 0.4) is 0 Å². The van der Waals surface area contributed by atoms with Crippen LogP contribution in [0.1, 0.15) is 10.4 Å². The molecule has 7 nitrogen and oxygen atoms in total. The SMILES string of the molecule is COc1ccc(C(=O)Nc2cc(S(=O)(=O)Nc3ccc(Br)cc3)ccc2OC)cc1. The van der Waals surface area contributed by atoms with Gasteiger partial charge in [-0.2, -0.15) is 0 Å². The zero-order valence-corrected chi connectivity index (χ0v) is 18.6. The van der Waals surface area contributed by atoms with Crippen LogP contribution < -0.4 is 19.5 Å². The van der Waals surface area contributed by atoms with E-state index in [1.807, 2.05) is 0 Å². The number of carbonyl (C=O) groups is 1. The van der Waals surface area contributed by atoms with E-state index in [0.29, 0.717) is 22.7 Å². The molecule has 0 atom stereocenters. The van der Waals surface area contributed by atoms with Crippen molar-refractivity contribution in [2.45, 2.75) is 4.90 Å². The van der Waals surface area contributed by atoms with Gasteiger partial charge >= 0.3 is 0 Å². The molecule has 0 aliphatic heterocycles. The Morgan fingerprint density at radius 1 is 0.900 bits per heavy atom. The van der Waals surface area contributed by atoms with Gasteiger partial charge in [0.2, 0.25) is 0 Å². The molecule has 0 aliphatic rings. The fraction of sp³-hybridized carbons (Fsp3) is 0.0952. The summed E-state index contributed by atoms with van der Waals surface area (Å²) in [6.07, 6.45) is 0. The molecule has 3 rings (SSSR count). The number of methoxy groups -OCH3 is 2. The standard InChI is InChI=1S/C21H19BrN2O5S/c1-28-17-9-3-14(4-10-17)21(25)23-19-13-18(11-12-20(19)29-2)30(26,27)24-16-7-5-15(22)6-8-16/h3-13,24H,1-2H3,(H,23,25). The van der Waals surface area contributed by atoms with Gasteiger partial charge in [-0.25, -0.2) is 8.42 Å². The molecule has 0 spiro atoms. The maximum Gasteiger partial charge on any atom is 0.261 e. The highest BCUT2D eigenvalue weighted by Gasteiger charge is 2.18. The van der Waals surface area contributed by atoms with Crippen molar-refractivity contribution >= 4 is 43.2 Å². The molecule has 0 bridgehead atoms. The first kappa shape index (κ1) is 21.7. The average molecular weight is 491 g/mol. The average Bonchev–Trinajstić information content (AvgIpc) is 2.75. The minimum Gasteiger partial charge on any atom is -0.497 e. The molecule has 0 radical (unpaired) electrons. The number of anilines is 2. The molecule has 0 fully saturated rings. The van der Waals surface area contributed by atoms with E-state index in [1.54, 1.807) is 48.5 Å². The first-order chi connectivity index (χ1) is 14.3. The molecule has 0 saturated carbocycles. The summed E-state index contributed by atoms with van der Waals surface area (Å²) in [5.74, 6) is 0.544. The van der Waals surface area contributed by atoms with Crippen LogP contribution in [-0.2, 0) is 10.0 Å². The number of halogens is 1. The minimum atomic E-state index is -3.87. The van der Waals surface area contributed by atoms with Crippen molar-refractivity contribution in [2.75, 3.05) is 24.3 Å². The van der Waals surface area contributed by atoms with Crippen molar-refractivity contribution in [3.05, 3.63) is 76.8 Å². The molecule has 9 heteroatoms. The number of rotatable bonds is 7. The van der Waals surface area contributed by atoms with E-state index >= 15 is 0 Å². The number of hydrogen-bond donors (Lipinski definition) is 2. The lowest BCUT2D eigenvalue weighted by atomic mass is 10.2. The van der Waals surface area contributed by atoms with E-state index in [2.05, 4.69) is 26.0 Å². The van der Waals surface area contributed by atoms with Crippen molar-refractivity contribution in [3.8, 4) is 11.5 Å². The first-order valence-electron chi connectivity index (χ1n) is 8.74. The summed E-state index contributed by atoms with van der Waals surface area (Å²) in [5.41, 5.74) is 1.04. The highest BCUT2D eigenvalue weighted by molar-refractivity contribution is 9.10. The van der Waals surface area contributed by atoms with Crippen molar-refractivity contribution in [1.82, 2.24) is 0 Å². The summed E-state index contributed by atoms with van der Waals surface area (Å²) < 4.78 is 39.2. The van der Waals surface area contributed by atoms with Crippen LogP contribution in [0.2, 0.25) is 0 Å². The summed E-state index contributed by atoms with van der Waals surface area (Å²) in [7, 11) is -0.899. The summed E-state index contributed by atoms with van der Waals surface area (Å²) in [6.45, 7) is 0. The molecule has 1 amide bonds. The minimum absolute atomic E-state index is 0.0174. The van der Waals surface area contributed by atoms with Gasteiger partial charge in [-0.3, -0.25) is 9.52 Å². The smallest absolute Gasteiger partial charge is 0.261 e.